The molecule has 34 heavy (non-hydrogen) atoms. The number of carboxylic acid groups (broad SMARTS) is 1. The topological polar surface area (TPSA) is 132 Å². The van der Waals surface area contributed by atoms with E-state index in [1.165, 1.54) is 0 Å². The molecule has 1 aromatic heterocycles. The Morgan fingerprint density at radius 1 is 1.09 bits per heavy atom. The van der Waals surface area contributed by atoms with Gasteiger partial charge in [-0.3, -0.25) is 19.8 Å². The zero-order valence-corrected chi connectivity index (χ0v) is 18.9. The van der Waals surface area contributed by atoms with Gasteiger partial charge in [0.15, 0.2) is 0 Å². The normalized spacial score (nSPS) is 17.6. The summed E-state index contributed by atoms with van der Waals surface area (Å²) in [6, 6.07) is 14.6. The third-order valence-electron chi connectivity index (χ3n) is 6.22. The van der Waals surface area contributed by atoms with Crippen molar-refractivity contribution in [3.05, 3.63) is 76.5 Å². The molecule has 3 aromatic rings. The highest BCUT2D eigenvalue weighted by atomic mass is 16.5. The molecular formula is C25H26N4O5. The van der Waals surface area contributed by atoms with Crippen molar-refractivity contribution in [3.63, 3.8) is 0 Å². The van der Waals surface area contributed by atoms with Gasteiger partial charge >= 0.3 is 6.09 Å². The minimum absolute atomic E-state index is 0.0366. The van der Waals surface area contributed by atoms with E-state index in [1.54, 1.807) is 17.6 Å². The first-order valence-corrected chi connectivity index (χ1v) is 10.9. The monoisotopic (exact) mass is 462 g/mol. The number of carbonyl (C=O) groups excluding carboxylic acids is 2. The van der Waals surface area contributed by atoms with Crippen molar-refractivity contribution >= 4 is 28.8 Å². The van der Waals surface area contributed by atoms with Gasteiger partial charge in [-0.2, -0.15) is 0 Å². The predicted octanol–water partition coefficient (Wildman–Crippen LogP) is 2.66. The van der Waals surface area contributed by atoms with Crippen LogP contribution in [0.4, 0.5) is 4.79 Å². The zero-order chi connectivity index (χ0) is 24.4. The second kappa shape index (κ2) is 9.48. The number of rotatable bonds is 5. The summed E-state index contributed by atoms with van der Waals surface area (Å²) in [6.45, 7) is 3.87. The summed E-state index contributed by atoms with van der Waals surface area (Å²) in [5.41, 5.74) is 7.18. The fourth-order valence-electron chi connectivity index (χ4n) is 4.45. The quantitative estimate of drug-likeness (QED) is 0.341. The summed E-state index contributed by atoms with van der Waals surface area (Å²) in [5, 5.41) is 22.0. The first kappa shape index (κ1) is 23.2. The van der Waals surface area contributed by atoms with E-state index >= 15 is 0 Å². The van der Waals surface area contributed by atoms with Gasteiger partial charge in [-0.15, -0.1) is 0 Å². The van der Waals surface area contributed by atoms with Crippen LogP contribution < -0.4 is 10.8 Å². The van der Waals surface area contributed by atoms with Gasteiger partial charge in [0.25, 0.3) is 5.91 Å². The molecule has 1 aliphatic heterocycles. The number of nitrogens with one attached hydrogen (secondary N) is 2. The lowest BCUT2D eigenvalue weighted by Gasteiger charge is -2.18. The van der Waals surface area contributed by atoms with Gasteiger partial charge < -0.3 is 15.3 Å². The summed E-state index contributed by atoms with van der Waals surface area (Å²) in [6.07, 6.45) is -0.508. The molecule has 0 aliphatic carbocycles. The van der Waals surface area contributed by atoms with Crippen molar-refractivity contribution in [2.75, 3.05) is 13.1 Å². The molecular weight excluding hydrogens is 436 g/mol. The first-order valence-electron chi connectivity index (χ1n) is 10.9. The van der Waals surface area contributed by atoms with Crippen molar-refractivity contribution < 1.29 is 24.7 Å². The van der Waals surface area contributed by atoms with Gasteiger partial charge in [0.2, 0.25) is 5.91 Å². The highest BCUT2D eigenvalue weighted by molar-refractivity contribution is 5.95. The lowest BCUT2D eigenvalue weighted by atomic mass is 9.98. The number of aromatic nitrogens is 1. The fourth-order valence-corrected chi connectivity index (χ4v) is 4.45. The molecule has 3 amide bonds. The lowest BCUT2D eigenvalue weighted by Crippen LogP contribution is -2.45. The van der Waals surface area contributed by atoms with Crippen LogP contribution in [0, 0.1) is 19.8 Å². The number of likely N-dealkylation sites (tertiary alicyclic amines) is 1. The molecule has 0 radical (unpaired) electrons. The van der Waals surface area contributed by atoms with Crippen molar-refractivity contribution in [2.45, 2.75) is 26.3 Å². The number of hydrogen-bond acceptors (Lipinski definition) is 5. The van der Waals surface area contributed by atoms with E-state index in [0.717, 1.165) is 38.2 Å². The molecule has 0 saturated carbocycles. The van der Waals surface area contributed by atoms with E-state index in [2.05, 4.69) is 22.4 Å². The predicted molar refractivity (Wildman–Crippen MR) is 125 cm³/mol. The average molecular weight is 463 g/mol. The second-order valence-electron chi connectivity index (χ2n) is 8.62. The Morgan fingerprint density at radius 3 is 2.50 bits per heavy atom. The Hall–Kier alpha value is -3.98. The molecule has 0 spiro atoms. The van der Waals surface area contributed by atoms with Gasteiger partial charge in [0.1, 0.15) is 0 Å². The Balaban J connectivity index is 1.49. The molecule has 9 nitrogen and oxygen atoms in total. The van der Waals surface area contributed by atoms with Crippen LogP contribution in [-0.4, -0.2) is 57.2 Å². The minimum atomic E-state index is -1.19. The molecule has 0 bridgehead atoms. The number of nitrogens with zero attached hydrogens (tertiary/aromatic N) is 2. The molecule has 2 heterocycles. The van der Waals surface area contributed by atoms with E-state index in [-0.39, 0.29) is 13.1 Å². The maximum Gasteiger partial charge on any atom is 0.407 e. The SMILES string of the molecule is Cc1cc(Cc2ccc(C(=O)N[C@@H]3CN(C(=O)O)C[C@@H]3C(=O)NO)cc2)c2cccc(C)c2n1. The number of amides is 3. The van der Waals surface area contributed by atoms with Crippen molar-refractivity contribution in [1.82, 2.24) is 20.7 Å². The number of benzene rings is 2. The molecule has 1 saturated heterocycles. The molecule has 2 aromatic carbocycles. The zero-order valence-electron chi connectivity index (χ0n) is 18.9. The van der Waals surface area contributed by atoms with Gasteiger partial charge in [0, 0.05) is 29.7 Å². The largest absolute Gasteiger partial charge is 0.465 e. The smallest absolute Gasteiger partial charge is 0.407 e. The Morgan fingerprint density at radius 2 is 1.82 bits per heavy atom. The fraction of sp³-hybridized carbons (Fsp3) is 0.280. The molecule has 4 rings (SSSR count). The number of carbonyl (C=O) groups is 3. The summed E-state index contributed by atoms with van der Waals surface area (Å²) in [7, 11) is 0. The van der Waals surface area contributed by atoms with Crippen LogP contribution in [-0.2, 0) is 11.2 Å². The number of hydrogen-bond donors (Lipinski definition) is 4. The number of aryl methyl sites for hydroxylation is 2. The Bertz CT molecular complexity index is 1260. The van der Waals surface area contributed by atoms with Crippen LogP contribution in [0.5, 0.6) is 0 Å². The second-order valence-corrected chi connectivity index (χ2v) is 8.62. The standard InChI is InChI=1S/C25H26N4O5/c1-14-4-3-5-19-18(10-15(2)26-22(14)19)11-16-6-8-17(9-7-16)23(30)27-21-13-29(25(32)33)12-20(21)24(31)28-34/h3-10,20-21,34H,11-13H2,1-2H3,(H,27,30)(H,28,31)(H,32,33)/t20-,21+/m0/s1. The minimum Gasteiger partial charge on any atom is -0.465 e. The Kier molecular flexibility index (Phi) is 6.47. The maximum absolute atomic E-state index is 12.8. The summed E-state index contributed by atoms with van der Waals surface area (Å²) in [4.78, 5) is 41.7. The van der Waals surface area contributed by atoms with Gasteiger partial charge in [-0.05, 0) is 55.2 Å². The Labute approximate surface area is 196 Å². The molecule has 1 aliphatic rings. The highest BCUT2D eigenvalue weighted by Gasteiger charge is 2.40. The number of para-hydroxylation sites is 1. The first-order chi connectivity index (χ1) is 16.3. The third-order valence-corrected chi connectivity index (χ3v) is 6.22. The van der Waals surface area contributed by atoms with E-state index in [9.17, 15) is 19.5 Å². The van der Waals surface area contributed by atoms with Gasteiger partial charge in [-0.25, -0.2) is 10.3 Å². The van der Waals surface area contributed by atoms with Crippen LogP contribution in [0.3, 0.4) is 0 Å². The molecule has 176 valence electrons. The van der Waals surface area contributed by atoms with E-state index < -0.39 is 29.9 Å². The average Bonchev–Trinajstić information content (AvgIpc) is 3.24. The summed E-state index contributed by atoms with van der Waals surface area (Å²) >= 11 is 0. The van der Waals surface area contributed by atoms with E-state index in [0.29, 0.717) is 12.0 Å². The van der Waals surface area contributed by atoms with Crippen molar-refractivity contribution in [3.8, 4) is 0 Å². The van der Waals surface area contributed by atoms with E-state index in [1.807, 2.05) is 38.1 Å². The molecule has 0 unspecified atom stereocenters. The van der Waals surface area contributed by atoms with Crippen LogP contribution in [0.15, 0.2) is 48.5 Å². The number of fused-ring (bicyclic) bond motifs is 1. The number of pyridine rings is 1. The maximum atomic E-state index is 12.8. The molecule has 2 atom stereocenters. The molecule has 9 heteroatoms. The van der Waals surface area contributed by atoms with Crippen LogP contribution in [0.1, 0.15) is 32.7 Å². The van der Waals surface area contributed by atoms with Crippen LogP contribution >= 0.6 is 0 Å². The van der Waals surface area contributed by atoms with Crippen molar-refractivity contribution in [1.29, 1.82) is 0 Å². The lowest BCUT2D eigenvalue weighted by molar-refractivity contribution is -0.133. The van der Waals surface area contributed by atoms with Gasteiger partial charge in [0.05, 0.1) is 17.5 Å². The highest BCUT2D eigenvalue weighted by Crippen LogP contribution is 2.24. The number of hydroxylamine groups is 1. The van der Waals surface area contributed by atoms with Crippen LogP contribution in [0.2, 0.25) is 0 Å². The van der Waals surface area contributed by atoms with E-state index in [4.69, 9.17) is 5.21 Å². The van der Waals surface area contributed by atoms with Crippen molar-refractivity contribution in [2.24, 2.45) is 5.92 Å². The van der Waals surface area contributed by atoms with Gasteiger partial charge in [-0.1, -0.05) is 30.3 Å². The summed E-state index contributed by atoms with van der Waals surface area (Å²) in [5.74, 6) is -2.03. The molecule has 1 fully saturated rings. The third kappa shape index (κ3) is 4.69. The molecule has 4 N–H and O–H groups in total. The summed E-state index contributed by atoms with van der Waals surface area (Å²) < 4.78 is 0. The van der Waals surface area contributed by atoms with Crippen LogP contribution in [0.25, 0.3) is 10.9 Å².